The van der Waals surface area contributed by atoms with Crippen LogP contribution in [0, 0.1) is 0 Å². The number of alkyl halides is 2. The average Bonchev–Trinajstić information content (AvgIpc) is 3.19. The van der Waals surface area contributed by atoms with E-state index in [2.05, 4.69) is 15.2 Å². The Bertz CT molecular complexity index is 935. The van der Waals surface area contributed by atoms with E-state index < -0.39 is 34.5 Å². The van der Waals surface area contributed by atoms with Crippen molar-refractivity contribution >= 4 is 10.0 Å². The molecule has 26 heavy (non-hydrogen) atoms. The number of sulfonamides is 1. The van der Waals surface area contributed by atoms with E-state index in [1.54, 1.807) is 0 Å². The monoisotopic (exact) mass is 388 g/mol. The molecule has 4 rings (SSSR count). The van der Waals surface area contributed by atoms with E-state index in [1.165, 1.54) is 12.3 Å². The fourth-order valence-electron chi connectivity index (χ4n) is 3.01. The number of rotatable bonds is 3. The van der Waals surface area contributed by atoms with Crippen molar-refractivity contribution in [3.05, 3.63) is 23.8 Å². The number of hydrogen-bond donors (Lipinski definition) is 1. The van der Waals surface area contributed by atoms with Crippen molar-refractivity contribution in [3.63, 3.8) is 0 Å². The fourth-order valence-corrected chi connectivity index (χ4v) is 4.81. The highest BCUT2D eigenvalue weighted by Crippen LogP contribution is 2.35. The summed E-state index contributed by atoms with van der Waals surface area (Å²) >= 11 is 0. The summed E-state index contributed by atoms with van der Waals surface area (Å²) < 4.78 is 62.2. The second-order valence-corrected chi connectivity index (χ2v) is 7.82. The zero-order chi connectivity index (χ0) is 18.5. The Kier molecular flexibility index (Phi) is 4.22. The molecule has 0 aliphatic carbocycles. The molecule has 2 aliphatic rings. The van der Waals surface area contributed by atoms with Crippen LogP contribution in [0.4, 0.5) is 8.78 Å². The third-order valence-electron chi connectivity index (χ3n) is 4.36. The quantitative estimate of drug-likeness (QED) is 0.817. The molecule has 0 unspecified atom stereocenters. The van der Waals surface area contributed by atoms with Crippen LogP contribution >= 0.6 is 0 Å². The van der Waals surface area contributed by atoms with Crippen LogP contribution in [0.3, 0.4) is 0 Å². The molecule has 9 nitrogen and oxygen atoms in total. The van der Waals surface area contributed by atoms with Crippen molar-refractivity contribution in [2.45, 2.75) is 36.4 Å². The lowest BCUT2D eigenvalue weighted by Crippen LogP contribution is -2.49. The summed E-state index contributed by atoms with van der Waals surface area (Å²) in [5.74, 6) is -1.10. The molecule has 2 aromatic rings. The number of hydrogen-bond acceptors (Lipinski definition) is 8. The summed E-state index contributed by atoms with van der Waals surface area (Å²) in [4.78, 5) is 4.02. The number of ether oxygens (including phenoxy) is 1. The fraction of sp³-hybridized carbons (Fsp3) is 0.500. The molecule has 4 heterocycles. The maximum Gasteiger partial charge on any atom is 0.314 e. The van der Waals surface area contributed by atoms with Crippen molar-refractivity contribution in [1.29, 1.82) is 0 Å². The van der Waals surface area contributed by atoms with Crippen molar-refractivity contribution in [2.24, 2.45) is 0 Å². The van der Waals surface area contributed by atoms with Crippen LogP contribution in [0.5, 0.6) is 0 Å². The maximum atomic E-state index is 12.9. The van der Waals surface area contributed by atoms with Crippen LogP contribution in [0.1, 0.15) is 24.4 Å². The molecule has 2 atom stereocenters. The summed E-state index contributed by atoms with van der Waals surface area (Å²) in [6.07, 6.45) is -2.14. The Labute approximate surface area is 146 Å². The first-order valence-electron chi connectivity index (χ1n) is 7.76. The van der Waals surface area contributed by atoms with E-state index in [9.17, 15) is 22.3 Å². The summed E-state index contributed by atoms with van der Waals surface area (Å²) in [5, 5.41) is 16.8. The van der Waals surface area contributed by atoms with E-state index >= 15 is 0 Å². The normalized spacial score (nSPS) is 25.5. The van der Waals surface area contributed by atoms with Crippen LogP contribution < -0.4 is 0 Å². The summed E-state index contributed by atoms with van der Waals surface area (Å²) in [6.45, 7) is 0.447. The first-order chi connectivity index (χ1) is 12.4. The number of aromatic nitrogens is 3. The predicted octanol–water partition coefficient (Wildman–Crippen LogP) is 0.723. The lowest BCUT2D eigenvalue weighted by molar-refractivity contribution is -0.0397. The molecule has 0 amide bonds. The lowest BCUT2D eigenvalue weighted by Gasteiger charge is -2.33. The minimum atomic E-state index is -3.93. The number of aliphatic hydroxyl groups is 1. The summed E-state index contributed by atoms with van der Waals surface area (Å²) in [6, 6.07) is 0.552. The number of fused-ring (bicyclic) bond motifs is 1. The Morgan fingerprint density at radius 1 is 1.35 bits per heavy atom. The van der Waals surface area contributed by atoms with Crippen molar-refractivity contribution in [3.8, 4) is 11.5 Å². The molecule has 2 aliphatic heterocycles. The molecule has 12 heteroatoms. The molecule has 0 radical (unpaired) electrons. The van der Waals surface area contributed by atoms with E-state index in [0.29, 0.717) is 18.7 Å². The molecule has 0 aromatic carbocycles. The van der Waals surface area contributed by atoms with Gasteiger partial charge in [-0.3, -0.25) is 4.98 Å². The largest absolute Gasteiger partial charge is 0.415 e. The van der Waals surface area contributed by atoms with Crippen LogP contribution in [-0.4, -0.2) is 58.4 Å². The summed E-state index contributed by atoms with van der Waals surface area (Å²) in [5.41, 5.74) is 0.411. The minimum absolute atomic E-state index is 0.00481. The zero-order valence-corrected chi connectivity index (χ0v) is 14.1. The van der Waals surface area contributed by atoms with Gasteiger partial charge in [-0.25, -0.2) is 8.42 Å². The van der Waals surface area contributed by atoms with Gasteiger partial charge in [0, 0.05) is 12.8 Å². The maximum absolute atomic E-state index is 12.9. The number of nitrogens with zero attached hydrogens (tertiary/aromatic N) is 4. The van der Waals surface area contributed by atoms with Crippen molar-refractivity contribution in [1.82, 2.24) is 19.5 Å². The Balaban J connectivity index is 1.68. The van der Waals surface area contributed by atoms with E-state index in [4.69, 9.17) is 9.15 Å². The third kappa shape index (κ3) is 2.78. The second kappa shape index (κ2) is 6.30. The van der Waals surface area contributed by atoms with Gasteiger partial charge in [0.05, 0.1) is 36.6 Å². The zero-order valence-electron chi connectivity index (χ0n) is 13.2. The Morgan fingerprint density at radius 2 is 2.15 bits per heavy atom. The molecule has 1 N–H and O–H groups in total. The first kappa shape index (κ1) is 17.4. The van der Waals surface area contributed by atoms with Gasteiger partial charge < -0.3 is 14.3 Å². The van der Waals surface area contributed by atoms with E-state index in [1.807, 2.05) is 0 Å². The first-order valence-corrected chi connectivity index (χ1v) is 9.20. The van der Waals surface area contributed by atoms with Crippen molar-refractivity contribution in [2.75, 3.05) is 13.2 Å². The molecular formula is C14H14F2N4O5S. The Hall–Kier alpha value is -2.02. The highest BCUT2D eigenvalue weighted by molar-refractivity contribution is 7.89. The highest BCUT2D eigenvalue weighted by Gasteiger charge is 2.44. The number of aliphatic hydroxyl groups excluding tert-OH is 1. The van der Waals surface area contributed by atoms with Gasteiger partial charge in [-0.1, -0.05) is 0 Å². The minimum Gasteiger partial charge on any atom is -0.415 e. The van der Waals surface area contributed by atoms with Gasteiger partial charge in [-0.05, 0) is 12.5 Å². The smallest absolute Gasteiger partial charge is 0.314 e. The Morgan fingerprint density at radius 3 is 2.85 bits per heavy atom. The van der Waals surface area contributed by atoms with Crippen LogP contribution in [0.15, 0.2) is 21.6 Å². The third-order valence-corrected chi connectivity index (χ3v) is 6.28. The van der Waals surface area contributed by atoms with Gasteiger partial charge >= 0.3 is 6.43 Å². The highest BCUT2D eigenvalue weighted by atomic mass is 32.2. The van der Waals surface area contributed by atoms with Crippen molar-refractivity contribution < 1.29 is 31.5 Å². The molecular weight excluding hydrogens is 374 g/mol. The molecule has 1 saturated heterocycles. The molecule has 1 fully saturated rings. The summed E-state index contributed by atoms with van der Waals surface area (Å²) in [7, 11) is -3.93. The van der Waals surface area contributed by atoms with Gasteiger partial charge in [0.25, 0.3) is 5.89 Å². The number of halogens is 2. The van der Waals surface area contributed by atoms with E-state index in [0.717, 1.165) is 4.31 Å². The average molecular weight is 388 g/mol. The number of pyridine rings is 1. The van der Waals surface area contributed by atoms with Gasteiger partial charge in [-0.2, -0.15) is 13.1 Å². The van der Waals surface area contributed by atoms with Crippen LogP contribution in [0.2, 0.25) is 0 Å². The molecule has 0 spiro atoms. The van der Waals surface area contributed by atoms with Gasteiger partial charge in [-0.15, -0.1) is 10.2 Å². The van der Waals surface area contributed by atoms with Gasteiger partial charge in [0.15, 0.2) is 0 Å². The van der Waals surface area contributed by atoms with Gasteiger partial charge in [0.1, 0.15) is 4.90 Å². The van der Waals surface area contributed by atoms with E-state index in [-0.39, 0.29) is 29.5 Å². The molecule has 0 bridgehead atoms. The van der Waals surface area contributed by atoms with Gasteiger partial charge in [0.2, 0.25) is 15.9 Å². The molecule has 2 aromatic heterocycles. The predicted molar refractivity (Wildman–Crippen MR) is 80.4 cm³/mol. The molecule has 0 saturated carbocycles. The second-order valence-electron chi connectivity index (χ2n) is 5.96. The molecule has 140 valence electrons. The topological polar surface area (TPSA) is 119 Å². The van der Waals surface area contributed by atoms with Crippen LogP contribution in [0.25, 0.3) is 11.5 Å². The lowest BCUT2D eigenvalue weighted by atomic mass is 10.1. The van der Waals surface area contributed by atoms with Crippen LogP contribution in [-0.2, 0) is 21.3 Å². The standard InChI is InChI=1S/C14H14F2N4O5S/c15-12(16)14-19-18-13(25-14)7-3-11-8(17-4-7)5-20(26(11,22)23)9-6-24-2-1-10(9)21/h3-4,9-10,12,21H,1-2,5-6H2/t9-,10-/m1/s1. The SMILES string of the molecule is O=S1(=O)c2cc(-c3nnc(C(F)F)o3)cnc2CN1[C@@H]1COCC[C@H]1O.